The third-order valence-electron chi connectivity index (χ3n) is 2.36. The summed E-state index contributed by atoms with van der Waals surface area (Å²) in [4.78, 5) is 9.43. The molecule has 0 aromatic carbocycles. The number of nitrogens with zero attached hydrogens (tertiary/aromatic N) is 2. The van der Waals surface area contributed by atoms with Crippen LogP contribution < -0.4 is 5.32 Å². The van der Waals surface area contributed by atoms with Crippen LogP contribution in [-0.2, 0) is 6.42 Å². The van der Waals surface area contributed by atoms with Gasteiger partial charge in [-0.15, -0.1) is 11.3 Å². The lowest BCUT2D eigenvalue weighted by Crippen LogP contribution is -2.18. The molecule has 0 aliphatic rings. The van der Waals surface area contributed by atoms with Crippen LogP contribution in [0.5, 0.6) is 0 Å². The van der Waals surface area contributed by atoms with Gasteiger partial charge in [0.05, 0.1) is 0 Å². The van der Waals surface area contributed by atoms with Gasteiger partial charge in [0.1, 0.15) is 6.33 Å². The van der Waals surface area contributed by atoms with E-state index in [9.17, 15) is 0 Å². The standard InChI is InChI=1S/C11H12BrN3S/c1-13-11(8-4-14-7-15-5-8)3-10-2-9(12)6-16-10/h2,4-7,11,13H,3H2,1H3. The SMILES string of the molecule is CNC(Cc1cc(Br)cs1)c1cncnc1. The zero-order valence-corrected chi connectivity index (χ0v) is 11.3. The number of nitrogens with one attached hydrogen (secondary N) is 1. The van der Waals surface area contributed by atoms with Crippen molar-refractivity contribution >= 4 is 27.3 Å². The molecule has 0 bridgehead atoms. The summed E-state index contributed by atoms with van der Waals surface area (Å²) in [6.07, 6.45) is 6.23. The predicted octanol–water partition coefficient (Wildman–Crippen LogP) is 2.80. The van der Waals surface area contributed by atoms with E-state index in [1.54, 1.807) is 17.7 Å². The Hall–Kier alpha value is -0.780. The maximum Gasteiger partial charge on any atom is 0.115 e. The van der Waals surface area contributed by atoms with Crippen LogP contribution in [-0.4, -0.2) is 17.0 Å². The summed E-state index contributed by atoms with van der Waals surface area (Å²) >= 11 is 5.23. The maximum atomic E-state index is 4.04. The number of halogens is 1. The fraction of sp³-hybridized carbons (Fsp3) is 0.273. The van der Waals surface area contributed by atoms with Crippen LogP contribution >= 0.6 is 27.3 Å². The van der Waals surface area contributed by atoms with Gasteiger partial charge in [-0.05, 0) is 29.0 Å². The van der Waals surface area contributed by atoms with Crippen molar-refractivity contribution in [2.24, 2.45) is 0 Å². The Morgan fingerprint density at radius 3 is 2.75 bits per heavy atom. The number of aromatic nitrogens is 2. The minimum Gasteiger partial charge on any atom is -0.313 e. The van der Waals surface area contributed by atoms with E-state index in [2.05, 4.69) is 42.7 Å². The van der Waals surface area contributed by atoms with E-state index in [4.69, 9.17) is 0 Å². The minimum absolute atomic E-state index is 0.270. The van der Waals surface area contributed by atoms with Crippen molar-refractivity contribution in [3.63, 3.8) is 0 Å². The number of hydrogen-bond donors (Lipinski definition) is 1. The molecule has 0 saturated heterocycles. The fourth-order valence-corrected chi connectivity index (χ4v) is 3.04. The zero-order valence-electron chi connectivity index (χ0n) is 8.85. The largest absolute Gasteiger partial charge is 0.313 e. The van der Waals surface area contributed by atoms with E-state index >= 15 is 0 Å². The molecular weight excluding hydrogens is 286 g/mol. The highest BCUT2D eigenvalue weighted by Crippen LogP contribution is 2.24. The molecule has 0 spiro atoms. The topological polar surface area (TPSA) is 37.8 Å². The van der Waals surface area contributed by atoms with Crippen molar-refractivity contribution < 1.29 is 0 Å². The summed E-state index contributed by atoms with van der Waals surface area (Å²) in [6, 6.07) is 2.42. The molecule has 1 unspecified atom stereocenters. The maximum absolute atomic E-state index is 4.04. The Morgan fingerprint density at radius 2 is 2.19 bits per heavy atom. The molecule has 84 valence electrons. The summed E-state index contributed by atoms with van der Waals surface area (Å²) in [5.41, 5.74) is 1.12. The second kappa shape index (κ2) is 5.52. The highest BCUT2D eigenvalue weighted by molar-refractivity contribution is 9.10. The molecule has 2 aromatic rings. The smallest absolute Gasteiger partial charge is 0.115 e. The predicted molar refractivity (Wildman–Crippen MR) is 69.6 cm³/mol. The van der Waals surface area contributed by atoms with Gasteiger partial charge in [-0.1, -0.05) is 0 Å². The van der Waals surface area contributed by atoms with Gasteiger partial charge < -0.3 is 5.32 Å². The van der Waals surface area contributed by atoms with Crippen molar-refractivity contribution in [2.45, 2.75) is 12.5 Å². The van der Waals surface area contributed by atoms with Crippen LogP contribution in [0.3, 0.4) is 0 Å². The highest BCUT2D eigenvalue weighted by atomic mass is 79.9. The van der Waals surface area contributed by atoms with Crippen LogP contribution in [0.15, 0.2) is 34.6 Å². The van der Waals surface area contributed by atoms with Crippen LogP contribution in [0.1, 0.15) is 16.5 Å². The third kappa shape index (κ3) is 2.87. The second-order valence-electron chi connectivity index (χ2n) is 3.45. The van der Waals surface area contributed by atoms with E-state index in [1.807, 2.05) is 19.4 Å². The summed E-state index contributed by atoms with van der Waals surface area (Å²) in [7, 11) is 1.96. The molecular formula is C11H12BrN3S. The van der Waals surface area contributed by atoms with Crippen molar-refractivity contribution in [3.05, 3.63) is 45.1 Å². The van der Waals surface area contributed by atoms with Gasteiger partial charge in [-0.2, -0.15) is 0 Å². The number of rotatable bonds is 4. The zero-order chi connectivity index (χ0) is 11.4. The van der Waals surface area contributed by atoms with Crippen LogP contribution in [0.2, 0.25) is 0 Å². The molecule has 2 heterocycles. The van der Waals surface area contributed by atoms with Crippen molar-refractivity contribution in [1.82, 2.24) is 15.3 Å². The van der Waals surface area contributed by atoms with Gasteiger partial charge in [-0.3, -0.25) is 0 Å². The van der Waals surface area contributed by atoms with Gasteiger partial charge >= 0.3 is 0 Å². The molecule has 5 heteroatoms. The normalized spacial score (nSPS) is 12.6. The average Bonchev–Trinajstić information content (AvgIpc) is 2.73. The Labute approximate surface area is 107 Å². The molecule has 3 nitrogen and oxygen atoms in total. The lowest BCUT2D eigenvalue weighted by atomic mass is 10.1. The molecule has 1 atom stereocenters. The highest BCUT2D eigenvalue weighted by Gasteiger charge is 2.11. The van der Waals surface area contributed by atoms with Gasteiger partial charge in [0.2, 0.25) is 0 Å². The molecule has 0 aliphatic heterocycles. The van der Waals surface area contributed by atoms with E-state index in [0.29, 0.717) is 0 Å². The van der Waals surface area contributed by atoms with Crippen molar-refractivity contribution in [1.29, 1.82) is 0 Å². The number of hydrogen-bond acceptors (Lipinski definition) is 4. The molecule has 16 heavy (non-hydrogen) atoms. The minimum atomic E-state index is 0.270. The molecule has 0 saturated carbocycles. The van der Waals surface area contributed by atoms with E-state index in [-0.39, 0.29) is 6.04 Å². The monoisotopic (exact) mass is 297 g/mol. The summed E-state index contributed by atoms with van der Waals surface area (Å²) in [5.74, 6) is 0. The first-order chi connectivity index (χ1) is 7.79. The Kier molecular flexibility index (Phi) is 4.04. The molecule has 0 amide bonds. The average molecular weight is 298 g/mol. The lowest BCUT2D eigenvalue weighted by Gasteiger charge is -2.14. The Balaban J connectivity index is 2.12. The first kappa shape index (κ1) is 11.7. The quantitative estimate of drug-likeness (QED) is 0.943. The van der Waals surface area contributed by atoms with E-state index < -0.39 is 0 Å². The second-order valence-corrected chi connectivity index (χ2v) is 5.36. The summed E-state index contributed by atoms with van der Waals surface area (Å²) < 4.78 is 1.15. The number of thiophene rings is 1. The van der Waals surface area contributed by atoms with E-state index in [1.165, 1.54) is 4.88 Å². The van der Waals surface area contributed by atoms with Crippen LogP contribution in [0, 0.1) is 0 Å². The third-order valence-corrected chi connectivity index (χ3v) is 4.08. The fourth-order valence-electron chi connectivity index (χ4n) is 1.54. The van der Waals surface area contributed by atoms with Crippen LogP contribution in [0.4, 0.5) is 0 Å². The van der Waals surface area contributed by atoms with Crippen LogP contribution in [0.25, 0.3) is 0 Å². The molecule has 2 rings (SSSR count). The van der Waals surface area contributed by atoms with Crippen molar-refractivity contribution in [3.8, 4) is 0 Å². The molecule has 0 aliphatic carbocycles. The van der Waals surface area contributed by atoms with Gasteiger partial charge in [0.15, 0.2) is 0 Å². The van der Waals surface area contributed by atoms with Gasteiger partial charge in [0.25, 0.3) is 0 Å². The molecule has 0 radical (unpaired) electrons. The molecule has 1 N–H and O–H groups in total. The molecule has 2 aromatic heterocycles. The van der Waals surface area contributed by atoms with E-state index in [0.717, 1.165) is 16.5 Å². The Morgan fingerprint density at radius 1 is 1.44 bits per heavy atom. The first-order valence-corrected chi connectivity index (χ1v) is 6.62. The summed E-state index contributed by atoms with van der Waals surface area (Å²) in [6.45, 7) is 0. The van der Waals surface area contributed by atoms with Gasteiger partial charge in [0, 0.05) is 45.1 Å². The van der Waals surface area contributed by atoms with Crippen molar-refractivity contribution in [2.75, 3.05) is 7.05 Å². The molecule has 0 fully saturated rings. The number of likely N-dealkylation sites (N-methyl/N-ethyl adjacent to an activating group) is 1. The Bertz CT molecular complexity index is 444. The first-order valence-electron chi connectivity index (χ1n) is 4.94. The summed E-state index contributed by atoms with van der Waals surface area (Å²) in [5, 5.41) is 5.39. The van der Waals surface area contributed by atoms with Gasteiger partial charge in [-0.25, -0.2) is 9.97 Å². The lowest BCUT2D eigenvalue weighted by molar-refractivity contribution is 0.591.